The van der Waals surface area contributed by atoms with Gasteiger partial charge in [0.25, 0.3) is 0 Å². The molecule has 3 nitrogen and oxygen atoms in total. The molecular weight excluding hydrogens is 390 g/mol. The van der Waals surface area contributed by atoms with Crippen molar-refractivity contribution < 1.29 is 36.2 Å². The average molecular weight is 405 g/mol. The van der Waals surface area contributed by atoms with E-state index in [-0.39, 0.29) is 43.4 Å². The van der Waals surface area contributed by atoms with Crippen molar-refractivity contribution in [3.05, 3.63) is 17.2 Å². The molecule has 4 heteroatoms. The standard InChI is InChI=1S/C9H15N2O.U/c1-6-2-3-7(8(10)4-6)9(11)5-12;/h11-12H,2-5,10H2,1H3;/q-1;. The first-order valence-electron chi connectivity index (χ1n) is 4.12. The maximum absolute atomic E-state index is 8.75. The van der Waals surface area contributed by atoms with Gasteiger partial charge < -0.3 is 22.2 Å². The van der Waals surface area contributed by atoms with Crippen LogP contribution in [0.4, 0.5) is 0 Å². The molecule has 0 unspecified atom stereocenters. The van der Waals surface area contributed by atoms with Gasteiger partial charge in [-0.3, -0.25) is 0 Å². The molecule has 13 heavy (non-hydrogen) atoms. The summed E-state index contributed by atoms with van der Waals surface area (Å²) < 4.78 is 0. The van der Waals surface area contributed by atoms with Gasteiger partial charge in [0.15, 0.2) is 0 Å². The van der Waals surface area contributed by atoms with Gasteiger partial charge in [-0.1, -0.05) is 6.42 Å². The van der Waals surface area contributed by atoms with Gasteiger partial charge in [0.2, 0.25) is 0 Å². The van der Waals surface area contributed by atoms with Crippen LogP contribution in [0.3, 0.4) is 0 Å². The van der Waals surface area contributed by atoms with Crippen LogP contribution in [-0.4, -0.2) is 17.4 Å². The second kappa shape index (κ2) is 5.85. The molecule has 0 aromatic heterocycles. The van der Waals surface area contributed by atoms with E-state index >= 15 is 0 Å². The number of hydrogen-bond acceptors (Lipinski definition) is 3. The molecule has 0 aromatic carbocycles. The molecule has 0 radical (unpaired) electrons. The molecule has 0 spiro atoms. The summed E-state index contributed by atoms with van der Waals surface area (Å²) in [5.41, 5.74) is 7.64. The zero-order chi connectivity index (χ0) is 9.14. The smallest absolute Gasteiger partial charge is 0.0849 e. The van der Waals surface area contributed by atoms with E-state index in [1.807, 2.05) is 0 Å². The van der Waals surface area contributed by atoms with Crippen molar-refractivity contribution in [1.82, 2.24) is 0 Å². The Hall–Kier alpha value is 0.222. The number of hydrogen-bond donors (Lipinski definition) is 3. The van der Waals surface area contributed by atoms with E-state index in [9.17, 15) is 0 Å². The maximum atomic E-state index is 8.75. The first-order chi connectivity index (χ1) is 5.65. The van der Waals surface area contributed by atoms with E-state index in [1.165, 1.54) is 5.92 Å². The fourth-order valence-electron chi connectivity index (χ4n) is 1.46. The third kappa shape index (κ3) is 3.46. The van der Waals surface area contributed by atoms with E-state index < -0.39 is 0 Å². The van der Waals surface area contributed by atoms with Crippen molar-refractivity contribution in [2.45, 2.75) is 26.2 Å². The minimum absolute atomic E-state index is 0. The SMILES string of the molecule is C[C-]1CCC(C(=N)CO)=C(N)C1.[U]. The molecule has 4 N–H and O–H groups in total. The molecule has 0 atom stereocenters. The van der Waals surface area contributed by atoms with E-state index in [1.54, 1.807) is 0 Å². The molecule has 0 heterocycles. The van der Waals surface area contributed by atoms with E-state index in [0.717, 1.165) is 30.5 Å². The Morgan fingerprint density at radius 3 is 2.77 bits per heavy atom. The summed E-state index contributed by atoms with van der Waals surface area (Å²) in [7, 11) is 0. The van der Waals surface area contributed by atoms with Crippen molar-refractivity contribution >= 4 is 5.71 Å². The van der Waals surface area contributed by atoms with E-state index in [0.29, 0.717) is 0 Å². The average Bonchev–Trinajstić information content (AvgIpc) is 2.03. The number of aliphatic hydroxyl groups excluding tert-OH is 1. The number of allylic oxidation sites excluding steroid dienone is 1. The van der Waals surface area contributed by atoms with Crippen LogP contribution in [0.5, 0.6) is 0 Å². The predicted octanol–water partition coefficient (Wildman–Crippen LogP) is 0.990. The number of nitrogens with one attached hydrogen (secondary N) is 1. The Morgan fingerprint density at radius 1 is 1.69 bits per heavy atom. The van der Waals surface area contributed by atoms with Gasteiger partial charge in [-0.2, -0.15) is 13.3 Å². The topological polar surface area (TPSA) is 70.1 Å². The van der Waals surface area contributed by atoms with Crippen LogP contribution < -0.4 is 5.73 Å². The molecule has 0 aromatic rings. The van der Waals surface area contributed by atoms with Crippen LogP contribution in [0.15, 0.2) is 11.3 Å². The van der Waals surface area contributed by atoms with Crippen molar-refractivity contribution in [1.29, 1.82) is 5.41 Å². The summed E-state index contributed by atoms with van der Waals surface area (Å²) >= 11 is 0. The largest absolute Gasteiger partial charge is 0.404 e. The van der Waals surface area contributed by atoms with Crippen LogP contribution >= 0.6 is 0 Å². The Balaban J connectivity index is 0.00000144. The monoisotopic (exact) mass is 405 g/mol. The first kappa shape index (κ1) is 13.2. The Morgan fingerprint density at radius 2 is 2.31 bits per heavy atom. The molecule has 0 bridgehead atoms. The van der Waals surface area contributed by atoms with Crippen molar-refractivity contribution in [2.75, 3.05) is 6.61 Å². The summed E-state index contributed by atoms with van der Waals surface area (Å²) in [6, 6.07) is 0. The molecule has 0 saturated heterocycles. The van der Waals surface area contributed by atoms with Crippen molar-refractivity contribution in [3.63, 3.8) is 0 Å². The van der Waals surface area contributed by atoms with Crippen LogP contribution in [-0.2, 0) is 0 Å². The molecule has 72 valence electrons. The third-order valence-electron chi connectivity index (χ3n) is 2.20. The molecule has 0 saturated carbocycles. The number of aliphatic hydroxyl groups is 1. The van der Waals surface area contributed by atoms with E-state index in [4.69, 9.17) is 16.2 Å². The quantitative estimate of drug-likeness (QED) is 0.474. The van der Waals surface area contributed by atoms with Gasteiger partial charge in [-0.05, 0) is 11.3 Å². The van der Waals surface area contributed by atoms with Gasteiger partial charge in [-0.25, -0.2) is 0 Å². The Labute approximate surface area is 103 Å². The van der Waals surface area contributed by atoms with Gasteiger partial charge in [0.05, 0.1) is 12.3 Å². The zero-order valence-electron chi connectivity index (χ0n) is 7.85. The van der Waals surface area contributed by atoms with Crippen LogP contribution in [0.25, 0.3) is 0 Å². The van der Waals surface area contributed by atoms with Crippen molar-refractivity contribution in [3.8, 4) is 0 Å². The van der Waals surface area contributed by atoms with Gasteiger partial charge in [-0.15, -0.1) is 6.42 Å². The third-order valence-corrected chi connectivity index (χ3v) is 2.20. The second-order valence-corrected chi connectivity index (χ2v) is 3.27. The summed E-state index contributed by atoms with van der Waals surface area (Å²) in [6.07, 6.45) is 2.60. The molecule has 1 aliphatic carbocycles. The summed E-state index contributed by atoms with van der Waals surface area (Å²) in [6.45, 7) is 1.88. The first-order valence-corrected chi connectivity index (χ1v) is 4.12. The number of rotatable bonds is 2. The van der Waals surface area contributed by atoms with Crippen LogP contribution in [0, 0.1) is 42.4 Å². The molecule has 1 aliphatic rings. The zero-order valence-corrected chi connectivity index (χ0v) is 12.0. The van der Waals surface area contributed by atoms with Crippen LogP contribution in [0.1, 0.15) is 26.2 Å². The summed E-state index contributed by atoms with van der Waals surface area (Å²) in [5, 5.41) is 16.2. The summed E-state index contributed by atoms with van der Waals surface area (Å²) in [4.78, 5) is 0. The Kier molecular flexibility index (Phi) is 5.95. The van der Waals surface area contributed by atoms with Gasteiger partial charge in [0.1, 0.15) is 0 Å². The molecular formula is C9H15N2OU-. The molecule has 1 rings (SSSR count). The molecule has 0 aliphatic heterocycles. The normalized spacial score (nSPS) is 18.3. The summed E-state index contributed by atoms with van der Waals surface area (Å²) in [5.74, 6) is 1.36. The van der Waals surface area contributed by atoms with Crippen molar-refractivity contribution in [2.24, 2.45) is 5.73 Å². The maximum Gasteiger partial charge on any atom is 0.0849 e. The predicted molar refractivity (Wildman–Crippen MR) is 48.8 cm³/mol. The van der Waals surface area contributed by atoms with E-state index in [2.05, 4.69) is 6.92 Å². The van der Waals surface area contributed by atoms with Crippen LogP contribution in [0.2, 0.25) is 0 Å². The fraction of sp³-hybridized carbons (Fsp3) is 0.556. The number of nitrogens with two attached hydrogens (primary N) is 1. The van der Waals surface area contributed by atoms with Gasteiger partial charge in [0, 0.05) is 31.1 Å². The minimum atomic E-state index is -0.199. The van der Waals surface area contributed by atoms with Gasteiger partial charge >= 0.3 is 0 Å². The molecule has 0 amide bonds. The Bertz CT molecular complexity index is 226. The fourth-order valence-corrected chi connectivity index (χ4v) is 1.46. The molecule has 0 fully saturated rings. The second-order valence-electron chi connectivity index (χ2n) is 3.27. The minimum Gasteiger partial charge on any atom is -0.404 e.